The fraction of sp³-hybridized carbons (Fsp3) is 0.700. The molecule has 1 unspecified atom stereocenters. The first-order chi connectivity index (χ1) is 7.95. The Labute approximate surface area is 101 Å². The maximum Gasteiger partial charge on any atom is 0.262 e. The number of imidazole rings is 1. The molecule has 6 nitrogen and oxygen atoms in total. The van der Waals surface area contributed by atoms with Gasteiger partial charge in [-0.1, -0.05) is 0 Å². The van der Waals surface area contributed by atoms with Crippen molar-refractivity contribution in [2.24, 2.45) is 18.7 Å². The van der Waals surface area contributed by atoms with E-state index in [9.17, 15) is 8.42 Å². The number of hydrogen-bond acceptors (Lipinski definition) is 4. The molecule has 7 heteroatoms. The zero-order valence-electron chi connectivity index (χ0n) is 10.1. The van der Waals surface area contributed by atoms with Crippen LogP contribution in [0.5, 0.6) is 0 Å². The summed E-state index contributed by atoms with van der Waals surface area (Å²) in [4.78, 5) is 4.08. The zero-order valence-corrected chi connectivity index (χ0v) is 10.9. The maximum atomic E-state index is 12.3. The second-order valence-corrected chi connectivity index (χ2v) is 6.38. The highest BCUT2D eigenvalue weighted by molar-refractivity contribution is 7.89. The van der Waals surface area contributed by atoms with E-state index in [0.717, 1.165) is 6.42 Å². The topological polar surface area (TPSA) is 81.2 Å². The smallest absolute Gasteiger partial charge is 0.262 e. The standard InChI is InChI=1S/C10H18N4O2S/c1-8-12-10(7-13(8)2)17(15,16)14-4-3-9(5-11)6-14/h7,9H,3-6,11H2,1-2H3. The average Bonchev–Trinajstić information content (AvgIpc) is 2.87. The molecule has 0 amide bonds. The van der Waals surface area contributed by atoms with Gasteiger partial charge in [0, 0.05) is 26.3 Å². The highest BCUT2D eigenvalue weighted by atomic mass is 32.2. The third-order valence-corrected chi connectivity index (χ3v) is 5.01. The molecule has 1 aliphatic rings. The van der Waals surface area contributed by atoms with Crippen molar-refractivity contribution >= 4 is 10.0 Å². The number of rotatable bonds is 3. The van der Waals surface area contributed by atoms with Gasteiger partial charge in [0.15, 0.2) is 5.03 Å². The Kier molecular flexibility index (Phi) is 3.24. The molecule has 0 aliphatic carbocycles. The summed E-state index contributed by atoms with van der Waals surface area (Å²) in [6, 6.07) is 0. The van der Waals surface area contributed by atoms with Crippen LogP contribution in [0.4, 0.5) is 0 Å². The summed E-state index contributed by atoms with van der Waals surface area (Å²) < 4.78 is 27.7. The van der Waals surface area contributed by atoms with Gasteiger partial charge in [-0.05, 0) is 25.8 Å². The van der Waals surface area contributed by atoms with Gasteiger partial charge in [0.1, 0.15) is 5.82 Å². The summed E-state index contributed by atoms with van der Waals surface area (Å²) in [6.07, 6.45) is 2.39. The molecule has 0 aromatic carbocycles. The number of aromatic nitrogens is 2. The lowest BCUT2D eigenvalue weighted by molar-refractivity contribution is 0.457. The van der Waals surface area contributed by atoms with Crippen LogP contribution in [-0.4, -0.2) is 41.9 Å². The summed E-state index contributed by atoms with van der Waals surface area (Å²) in [5.74, 6) is 0.965. The second-order valence-electron chi connectivity index (χ2n) is 4.49. The van der Waals surface area contributed by atoms with Crippen LogP contribution in [0.1, 0.15) is 12.2 Å². The Morgan fingerprint density at radius 3 is 2.76 bits per heavy atom. The Morgan fingerprint density at radius 1 is 1.59 bits per heavy atom. The molecule has 1 aliphatic heterocycles. The lowest BCUT2D eigenvalue weighted by Crippen LogP contribution is -2.30. The molecule has 96 valence electrons. The van der Waals surface area contributed by atoms with Gasteiger partial charge in [-0.3, -0.25) is 0 Å². The fourth-order valence-corrected chi connectivity index (χ4v) is 3.55. The quantitative estimate of drug-likeness (QED) is 0.807. The average molecular weight is 258 g/mol. The van der Waals surface area contributed by atoms with Gasteiger partial charge >= 0.3 is 0 Å². The molecule has 2 N–H and O–H groups in total. The Bertz CT molecular complexity index is 489. The molecular weight excluding hydrogens is 240 g/mol. The molecule has 2 rings (SSSR count). The first-order valence-corrected chi connectivity index (χ1v) is 7.09. The summed E-state index contributed by atoms with van der Waals surface area (Å²) >= 11 is 0. The van der Waals surface area contributed by atoms with Crippen molar-refractivity contribution in [2.45, 2.75) is 18.4 Å². The molecule has 0 radical (unpaired) electrons. The van der Waals surface area contributed by atoms with Crippen molar-refractivity contribution in [3.8, 4) is 0 Å². The molecule has 2 heterocycles. The van der Waals surface area contributed by atoms with Crippen molar-refractivity contribution in [1.29, 1.82) is 0 Å². The lowest BCUT2D eigenvalue weighted by Gasteiger charge is -2.14. The van der Waals surface area contributed by atoms with E-state index < -0.39 is 10.0 Å². The predicted octanol–water partition coefficient (Wildman–Crippen LogP) is -0.302. The minimum absolute atomic E-state index is 0.134. The summed E-state index contributed by atoms with van der Waals surface area (Å²) in [6.45, 7) is 3.37. The van der Waals surface area contributed by atoms with E-state index in [1.165, 1.54) is 4.31 Å². The van der Waals surface area contributed by atoms with Crippen LogP contribution in [0.25, 0.3) is 0 Å². The van der Waals surface area contributed by atoms with Crippen molar-refractivity contribution in [3.05, 3.63) is 12.0 Å². The third-order valence-electron chi connectivity index (χ3n) is 3.27. The number of nitrogens with zero attached hydrogens (tertiary/aromatic N) is 3. The molecule has 1 fully saturated rings. The van der Waals surface area contributed by atoms with Crippen LogP contribution in [0, 0.1) is 12.8 Å². The van der Waals surface area contributed by atoms with E-state index in [0.29, 0.717) is 25.5 Å². The van der Waals surface area contributed by atoms with Gasteiger partial charge in [-0.2, -0.15) is 4.31 Å². The maximum absolute atomic E-state index is 12.3. The molecule has 1 saturated heterocycles. The van der Waals surface area contributed by atoms with Crippen LogP contribution >= 0.6 is 0 Å². The number of hydrogen-bond donors (Lipinski definition) is 1. The van der Waals surface area contributed by atoms with Crippen LogP contribution < -0.4 is 5.73 Å². The van der Waals surface area contributed by atoms with E-state index in [2.05, 4.69) is 4.98 Å². The lowest BCUT2D eigenvalue weighted by atomic mass is 10.1. The Morgan fingerprint density at radius 2 is 2.29 bits per heavy atom. The third kappa shape index (κ3) is 2.22. The molecule has 1 aromatic rings. The minimum Gasteiger partial charge on any atom is -0.337 e. The number of sulfonamides is 1. The summed E-state index contributed by atoms with van der Waals surface area (Å²) in [5, 5.41) is 0.134. The van der Waals surface area contributed by atoms with E-state index in [1.807, 2.05) is 0 Å². The predicted molar refractivity (Wildman–Crippen MR) is 63.9 cm³/mol. The minimum atomic E-state index is -3.44. The van der Waals surface area contributed by atoms with Gasteiger partial charge in [0.25, 0.3) is 10.0 Å². The molecule has 1 atom stereocenters. The summed E-state index contributed by atoms with van der Waals surface area (Å²) in [7, 11) is -1.65. The first-order valence-electron chi connectivity index (χ1n) is 5.65. The summed E-state index contributed by atoms with van der Waals surface area (Å²) in [5.41, 5.74) is 5.56. The van der Waals surface area contributed by atoms with Crippen LogP contribution in [0.3, 0.4) is 0 Å². The molecule has 17 heavy (non-hydrogen) atoms. The van der Waals surface area contributed by atoms with Gasteiger partial charge in [0.05, 0.1) is 0 Å². The molecular formula is C10H18N4O2S. The first kappa shape index (κ1) is 12.5. The van der Waals surface area contributed by atoms with Gasteiger partial charge < -0.3 is 10.3 Å². The fourth-order valence-electron chi connectivity index (χ4n) is 1.99. The van der Waals surface area contributed by atoms with E-state index in [1.54, 1.807) is 24.7 Å². The van der Waals surface area contributed by atoms with E-state index in [-0.39, 0.29) is 10.9 Å². The largest absolute Gasteiger partial charge is 0.337 e. The highest BCUT2D eigenvalue weighted by Gasteiger charge is 2.33. The van der Waals surface area contributed by atoms with Gasteiger partial charge in [0.2, 0.25) is 0 Å². The van der Waals surface area contributed by atoms with Crippen LogP contribution in [-0.2, 0) is 17.1 Å². The molecule has 0 bridgehead atoms. The van der Waals surface area contributed by atoms with Gasteiger partial charge in [-0.15, -0.1) is 0 Å². The van der Waals surface area contributed by atoms with Crippen molar-refractivity contribution < 1.29 is 8.42 Å². The van der Waals surface area contributed by atoms with Gasteiger partial charge in [-0.25, -0.2) is 13.4 Å². The van der Waals surface area contributed by atoms with Crippen molar-refractivity contribution in [2.75, 3.05) is 19.6 Å². The number of aryl methyl sites for hydroxylation is 2. The Hall–Kier alpha value is -0.920. The SMILES string of the molecule is Cc1nc(S(=O)(=O)N2CCC(CN)C2)cn1C. The van der Waals surface area contributed by atoms with E-state index >= 15 is 0 Å². The van der Waals surface area contributed by atoms with Crippen LogP contribution in [0.15, 0.2) is 11.2 Å². The Balaban J connectivity index is 2.25. The van der Waals surface area contributed by atoms with Crippen LogP contribution in [0.2, 0.25) is 0 Å². The molecule has 0 spiro atoms. The van der Waals surface area contributed by atoms with Crippen molar-refractivity contribution in [3.63, 3.8) is 0 Å². The second kappa shape index (κ2) is 4.40. The van der Waals surface area contributed by atoms with Crippen molar-refractivity contribution in [1.82, 2.24) is 13.9 Å². The highest BCUT2D eigenvalue weighted by Crippen LogP contribution is 2.23. The molecule has 0 saturated carbocycles. The normalized spacial score (nSPS) is 22.2. The number of nitrogens with two attached hydrogens (primary N) is 1. The zero-order chi connectivity index (χ0) is 12.6. The molecule has 1 aromatic heterocycles. The van der Waals surface area contributed by atoms with E-state index in [4.69, 9.17) is 5.73 Å². The monoisotopic (exact) mass is 258 g/mol.